The van der Waals surface area contributed by atoms with Gasteiger partial charge in [-0.1, -0.05) is 27.7 Å². The highest BCUT2D eigenvalue weighted by molar-refractivity contribution is 4.95. The average molecular weight is 174 g/mol. The Morgan fingerprint density at radius 3 is 1.75 bits per heavy atom. The van der Waals surface area contributed by atoms with Gasteiger partial charge in [-0.05, 0) is 11.8 Å². The van der Waals surface area contributed by atoms with Crippen LogP contribution in [0.2, 0.25) is 0 Å². The van der Waals surface area contributed by atoms with Crippen molar-refractivity contribution in [3.63, 3.8) is 0 Å². The zero-order chi connectivity index (χ0) is 9.35. The molecule has 0 spiro atoms. The summed E-state index contributed by atoms with van der Waals surface area (Å²) in [7, 11) is 0. The highest BCUT2D eigenvalue weighted by atomic mass is 19.1. The van der Waals surface area contributed by atoms with Gasteiger partial charge in [-0.3, -0.25) is 0 Å². The van der Waals surface area contributed by atoms with Crippen LogP contribution in [0.15, 0.2) is 0 Å². The Bertz CT molecular complexity index is 150. The molecule has 0 bridgehead atoms. The SMILES string of the molecule is CC(C)[C@H](F)C1(C(C)C)COC1. The number of hydrogen-bond acceptors (Lipinski definition) is 1. The molecule has 0 aromatic rings. The number of alkyl halides is 1. The van der Waals surface area contributed by atoms with E-state index in [1.54, 1.807) is 0 Å². The van der Waals surface area contributed by atoms with E-state index in [1.807, 2.05) is 13.8 Å². The van der Waals surface area contributed by atoms with Crippen molar-refractivity contribution < 1.29 is 9.13 Å². The molecule has 0 aromatic carbocycles. The largest absolute Gasteiger partial charge is 0.380 e. The fourth-order valence-electron chi connectivity index (χ4n) is 1.81. The van der Waals surface area contributed by atoms with Gasteiger partial charge in [0.05, 0.1) is 18.6 Å². The van der Waals surface area contributed by atoms with E-state index in [4.69, 9.17) is 4.74 Å². The van der Waals surface area contributed by atoms with E-state index < -0.39 is 6.17 Å². The van der Waals surface area contributed by atoms with Crippen LogP contribution in [0.5, 0.6) is 0 Å². The Morgan fingerprint density at radius 2 is 1.67 bits per heavy atom. The molecular weight excluding hydrogens is 155 g/mol. The summed E-state index contributed by atoms with van der Waals surface area (Å²) >= 11 is 0. The molecule has 72 valence electrons. The lowest BCUT2D eigenvalue weighted by Gasteiger charge is -2.48. The van der Waals surface area contributed by atoms with Gasteiger partial charge < -0.3 is 4.74 Å². The minimum absolute atomic E-state index is 0.108. The molecule has 0 aliphatic carbocycles. The number of rotatable bonds is 3. The highest BCUT2D eigenvalue weighted by Gasteiger charge is 2.49. The summed E-state index contributed by atoms with van der Waals surface area (Å²) < 4.78 is 18.9. The lowest BCUT2D eigenvalue weighted by Crippen LogP contribution is -2.55. The second-order valence-corrected chi connectivity index (χ2v) is 4.53. The third-order valence-corrected chi connectivity index (χ3v) is 3.03. The summed E-state index contributed by atoms with van der Waals surface area (Å²) in [6.07, 6.45) is -0.716. The molecule has 12 heavy (non-hydrogen) atoms. The molecule has 1 heterocycles. The maximum atomic E-state index is 13.8. The van der Waals surface area contributed by atoms with Gasteiger partial charge in [-0.2, -0.15) is 0 Å². The van der Waals surface area contributed by atoms with Gasteiger partial charge >= 0.3 is 0 Å². The van der Waals surface area contributed by atoms with Crippen molar-refractivity contribution in [1.82, 2.24) is 0 Å². The first-order valence-corrected chi connectivity index (χ1v) is 4.72. The Hall–Kier alpha value is -0.110. The lowest BCUT2D eigenvalue weighted by molar-refractivity contribution is -0.185. The Kier molecular flexibility index (Phi) is 2.77. The van der Waals surface area contributed by atoms with Crippen LogP contribution >= 0.6 is 0 Å². The number of hydrogen-bond donors (Lipinski definition) is 0. The molecule has 1 nitrogen and oxygen atoms in total. The van der Waals surface area contributed by atoms with Crippen LogP contribution in [0.4, 0.5) is 4.39 Å². The van der Waals surface area contributed by atoms with Crippen molar-refractivity contribution in [2.75, 3.05) is 13.2 Å². The van der Waals surface area contributed by atoms with E-state index in [2.05, 4.69) is 13.8 Å². The quantitative estimate of drug-likeness (QED) is 0.639. The lowest BCUT2D eigenvalue weighted by atomic mass is 9.69. The van der Waals surface area contributed by atoms with Crippen LogP contribution in [0.1, 0.15) is 27.7 Å². The fourth-order valence-corrected chi connectivity index (χ4v) is 1.81. The Labute approximate surface area is 74.3 Å². The summed E-state index contributed by atoms with van der Waals surface area (Å²) in [4.78, 5) is 0. The van der Waals surface area contributed by atoms with E-state index in [0.717, 1.165) is 0 Å². The van der Waals surface area contributed by atoms with Crippen molar-refractivity contribution in [3.05, 3.63) is 0 Å². The van der Waals surface area contributed by atoms with Crippen molar-refractivity contribution in [2.24, 2.45) is 17.3 Å². The molecule has 1 aliphatic rings. The van der Waals surface area contributed by atoms with E-state index in [-0.39, 0.29) is 11.3 Å². The molecule has 0 unspecified atom stereocenters. The first kappa shape index (κ1) is 9.97. The van der Waals surface area contributed by atoms with Gasteiger partial charge in [0, 0.05) is 0 Å². The van der Waals surface area contributed by atoms with Crippen molar-refractivity contribution >= 4 is 0 Å². The first-order valence-electron chi connectivity index (χ1n) is 4.72. The van der Waals surface area contributed by atoms with E-state index in [9.17, 15) is 4.39 Å². The van der Waals surface area contributed by atoms with E-state index in [0.29, 0.717) is 19.1 Å². The maximum Gasteiger partial charge on any atom is 0.113 e. The number of ether oxygens (including phenoxy) is 1. The predicted octanol–water partition coefficient (Wildman–Crippen LogP) is 2.65. The van der Waals surface area contributed by atoms with Crippen LogP contribution in [0, 0.1) is 17.3 Å². The van der Waals surface area contributed by atoms with Crippen molar-refractivity contribution in [3.8, 4) is 0 Å². The minimum Gasteiger partial charge on any atom is -0.380 e. The second kappa shape index (κ2) is 3.33. The highest BCUT2D eigenvalue weighted by Crippen LogP contribution is 2.43. The molecule has 1 atom stereocenters. The maximum absolute atomic E-state index is 13.8. The molecule has 1 saturated heterocycles. The number of halogens is 1. The van der Waals surface area contributed by atoms with Crippen LogP contribution in [0.25, 0.3) is 0 Å². The van der Waals surface area contributed by atoms with Gasteiger partial charge in [-0.15, -0.1) is 0 Å². The van der Waals surface area contributed by atoms with Gasteiger partial charge in [-0.25, -0.2) is 4.39 Å². The summed E-state index contributed by atoms with van der Waals surface area (Å²) in [5.41, 5.74) is -0.186. The van der Waals surface area contributed by atoms with E-state index in [1.165, 1.54) is 0 Å². The second-order valence-electron chi connectivity index (χ2n) is 4.53. The normalized spacial score (nSPS) is 24.2. The van der Waals surface area contributed by atoms with Crippen LogP contribution in [-0.4, -0.2) is 19.4 Å². The van der Waals surface area contributed by atoms with E-state index >= 15 is 0 Å². The standard InChI is InChI=1S/C10H19FO/c1-7(2)9(11)10(8(3)4)5-12-6-10/h7-9H,5-6H2,1-4H3/t9-/m0/s1. The van der Waals surface area contributed by atoms with Crippen LogP contribution < -0.4 is 0 Å². The summed E-state index contributed by atoms with van der Waals surface area (Å²) in [6, 6.07) is 0. The van der Waals surface area contributed by atoms with Gasteiger partial charge in [0.15, 0.2) is 0 Å². The molecule has 0 aromatic heterocycles. The Balaban J connectivity index is 2.66. The van der Waals surface area contributed by atoms with Gasteiger partial charge in [0.1, 0.15) is 6.17 Å². The average Bonchev–Trinajstić information content (AvgIpc) is 1.83. The summed E-state index contributed by atoms with van der Waals surface area (Å²) in [6.45, 7) is 9.24. The zero-order valence-electron chi connectivity index (χ0n) is 8.43. The summed E-state index contributed by atoms with van der Waals surface area (Å²) in [5, 5.41) is 0. The molecule has 1 rings (SSSR count). The van der Waals surface area contributed by atoms with Crippen LogP contribution in [0.3, 0.4) is 0 Å². The Morgan fingerprint density at radius 1 is 1.17 bits per heavy atom. The monoisotopic (exact) mass is 174 g/mol. The third kappa shape index (κ3) is 1.37. The molecular formula is C10H19FO. The third-order valence-electron chi connectivity index (χ3n) is 3.03. The van der Waals surface area contributed by atoms with Crippen molar-refractivity contribution in [1.29, 1.82) is 0 Å². The predicted molar refractivity (Wildman–Crippen MR) is 47.8 cm³/mol. The fraction of sp³-hybridized carbons (Fsp3) is 1.00. The summed E-state index contributed by atoms with van der Waals surface area (Å²) in [5.74, 6) is 0.486. The van der Waals surface area contributed by atoms with Gasteiger partial charge in [0.25, 0.3) is 0 Å². The molecule has 0 radical (unpaired) electrons. The molecule has 0 saturated carbocycles. The molecule has 0 N–H and O–H groups in total. The molecule has 1 fully saturated rings. The zero-order valence-corrected chi connectivity index (χ0v) is 8.43. The first-order chi connectivity index (χ1) is 5.50. The topological polar surface area (TPSA) is 9.23 Å². The van der Waals surface area contributed by atoms with Gasteiger partial charge in [0.2, 0.25) is 0 Å². The van der Waals surface area contributed by atoms with Crippen LogP contribution in [-0.2, 0) is 4.74 Å². The molecule has 2 heteroatoms. The van der Waals surface area contributed by atoms with Crippen molar-refractivity contribution in [2.45, 2.75) is 33.9 Å². The smallest absolute Gasteiger partial charge is 0.113 e. The molecule has 0 amide bonds. The minimum atomic E-state index is -0.716. The molecule has 1 aliphatic heterocycles.